The summed E-state index contributed by atoms with van der Waals surface area (Å²) in [5, 5.41) is 27.5. The quantitative estimate of drug-likeness (QED) is 0.269. The second kappa shape index (κ2) is 11.9. The van der Waals surface area contributed by atoms with Crippen LogP contribution in [0.2, 0.25) is 0 Å². The fraction of sp³-hybridized carbons (Fsp3) is 0.500. The third kappa shape index (κ3) is 5.72. The minimum absolute atomic E-state index is 0.0867. The number of hydrogen-bond acceptors (Lipinski definition) is 8. The first kappa shape index (κ1) is 26.1. The van der Waals surface area contributed by atoms with Crippen LogP contribution < -0.4 is 15.2 Å². The third-order valence-electron chi connectivity index (χ3n) is 7.27. The summed E-state index contributed by atoms with van der Waals surface area (Å²) in [6, 6.07) is 9.69. The lowest BCUT2D eigenvalue weighted by atomic mass is 9.94. The Kier molecular flexibility index (Phi) is 8.61. The first-order valence-corrected chi connectivity index (χ1v) is 13.1. The van der Waals surface area contributed by atoms with E-state index in [1.165, 1.54) is 26.0 Å². The molecule has 0 radical (unpaired) electrons. The van der Waals surface area contributed by atoms with E-state index in [2.05, 4.69) is 17.1 Å². The average molecular weight is 493 g/mol. The Morgan fingerprint density at radius 2 is 1.89 bits per heavy atom. The summed E-state index contributed by atoms with van der Waals surface area (Å²) in [4.78, 5) is 14.9. The number of piperazine rings is 1. The van der Waals surface area contributed by atoms with Gasteiger partial charge in [-0.3, -0.25) is 4.79 Å². The fourth-order valence-electron chi connectivity index (χ4n) is 5.21. The largest absolute Gasteiger partial charge is 0.743 e. The molecule has 0 aromatic heterocycles. The summed E-state index contributed by atoms with van der Waals surface area (Å²) in [7, 11) is 0. The number of rotatable bonds is 10. The molecule has 8 nitrogen and oxygen atoms in total. The van der Waals surface area contributed by atoms with Gasteiger partial charge in [-0.25, -0.2) is 5.01 Å². The summed E-state index contributed by atoms with van der Waals surface area (Å²) in [5.41, 5.74) is 4.09. The molecule has 0 atom stereocenters. The lowest BCUT2D eigenvalue weighted by Gasteiger charge is -2.46. The maximum absolute atomic E-state index is 13.2. The first-order chi connectivity index (χ1) is 17.4. The maximum atomic E-state index is 13.2. The lowest BCUT2D eigenvalue weighted by Crippen LogP contribution is -2.52. The Bertz CT molecular complexity index is 1080. The minimum atomic E-state index is -0.0867. The smallest absolute Gasteiger partial charge is 0.160 e. The number of hydrazine groups is 1. The van der Waals surface area contributed by atoms with Crippen LogP contribution in [0.15, 0.2) is 30.3 Å². The Hall–Kier alpha value is -2.94. The average Bonchev–Trinajstić information content (AvgIpc) is 3.41. The number of ether oxygens (including phenoxy) is 1. The van der Waals surface area contributed by atoms with Gasteiger partial charge in [0.1, 0.15) is 5.75 Å². The Balaban J connectivity index is 1.69. The predicted octanol–water partition coefficient (Wildman–Crippen LogP) is 5.16. The monoisotopic (exact) mass is 492 g/mol. The van der Waals surface area contributed by atoms with E-state index in [0.29, 0.717) is 48.3 Å². The van der Waals surface area contributed by atoms with E-state index in [9.17, 15) is 10.0 Å². The number of nitrogens with zero attached hydrogens (tertiary/aromatic N) is 3. The highest BCUT2D eigenvalue weighted by Gasteiger charge is 2.21. The topological polar surface area (TPSA) is 95.0 Å². The number of carbonyl (C=O) groups excluding carboxylic acids is 1. The molecule has 0 amide bonds. The van der Waals surface area contributed by atoms with Gasteiger partial charge in [-0.2, -0.15) is 0 Å². The zero-order chi connectivity index (χ0) is 25.7. The van der Waals surface area contributed by atoms with E-state index in [-0.39, 0.29) is 5.78 Å². The Morgan fingerprint density at radius 3 is 2.50 bits per heavy atom. The molecule has 0 unspecified atom stereocenters. The van der Waals surface area contributed by atoms with Gasteiger partial charge in [0.2, 0.25) is 0 Å². The second-order valence-electron chi connectivity index (χ2n) is 9.59. The number of benzene rings is 2. The molecule has 1 heterocycles. The summed E-state index contributed by atoms with van der Waals surface area (Å²) < 4.78 is 5.99. The molecular formula is C28H38N5O3-. The normalized spacial score (nSPS) is 17.2. The number of Topliss-reactive ketones (excluding diaryl/α,β-unsaturated/α-hetero) is 1. The first-order valence-electron chi connectivity index (χ1n) is 13.1. The third-order valence-corrected chi connectivity index (χ3v) is 7.27. The standard InChI is InChI=1S/C28H38N5O3/c1-4-31-12-14-32(15-13-31)33(35)23-10-11-24(28(18-23)36-5-2)21-16-25(20(3)34)26(19-29)27(17-21)30-22-8-6-7-9-22/h10-11,16-19,22,29-30H,4-9,12-15H2,1-3H3/q-1. The molecule has 2 fully saturated rings. The van der Waals surface area contributed by atoms with Crippen LogP contribution in [0.1, 0.15) is 62.4 Å². The number of anilines is 2. The van der Waals surface area contributed by atoms with E-state index in [0.717, 1.165) is 54.5 Å². The van der Waals surface area contributed by atoms with Gasteiger partial charge >= 0.3 is 0 Å². The van der Waals surface area contributed by atoms with Crippen molar-refractivity contribution >= 4 is 23.4 Å². The van der Waals surface area contributed by atoms with Crippen molar-refractivity contribution in [2.75, 3.05) is 49.8 Å². The summed E-state index contributed by atoms with van der Waals surface area (Å²) in [6.07, 6.45) is 5.81. The van der Waals surface area contributed by atoms with Crippen LogP contribution in [0.25, 0.3) is 11.1 Å². The highest BCUT2D eigenvalue weighted by molar-refractivity contribution is 6.06. The van der Waals surface area contributed by atoms with Crippen molar-refractivity contribution in [3.05, 3.63) is 46.7 Å². The fourth-order valence-corrected chi connectivity index (χ4v) is 5.21. The molecule has 2 aromatic carbocycles. The molecule has 4 rings (SSSR count). The van der Waals surface area contributed by atoms with Gasteiger partial charge in [0, 0.05) is 72.6 Å². The number of hydrogen-bond donors (Lipinski definition) is 2. The van der Waals surface area contributed by atoms with Crippen molar-refractivity contribution in [1.82, 2.24) is 9.91 Å². The second-order valence-corrected chi connectivity index (χ2v) is 9.59. The number of carbonyl (C=O) groups is 1. The van der Waals surface area contributed by atoms with Gasteiger partial charge in [0.05, 0.1) is 6.61 Å². The van der Waals surface area contributed by atoms with Crippen LogP contribution in [0.5, 0.6) is 5.75 Å². The van der Waals surface area contributed by atoms with Crippen LogP contribution in [-0.2, 0) is 0 Å². The molecule has 0 bridgehead atoms. The molecule has 1 aliphatic carbocycles. The van der Waals surface area contributed by atoms with Crippen molar-refractivity contribution in [2.24, 2.45) is 0 Å². The molecule has 1 aliphatic heterocycles. The lowest BCUT2D eigenvalue weighted by molar-refractivity contribution is 0.101. The van der Waals surface area contributed by atoms with Gasteiger partial charge in [0.15, 0.2) is 5.78 Å². The molecule has 194 valence electrons. The molecule has 0 spiro atoms. The van der Waals surface area contributed by atoms with Crippen molar-refractivity contribution in [3.63, 3.8) is 0 Å². The van der Waals surface area contributed by atoms with E-state index in [4.69, 9.17) is 10.1 Å². The molecule has 36 heavy (non-hydrogen) atoms. The van der Waals surface area contributed by atoms with Gasteiger partial charge in [0.25, 0.3) is 0 Å². The van der Waals surface area contributed by atoms with Gasteiger partial charge < -0.3 is 30.7 Å². The van der Waals surface area contributed by atoms with Crippen molar-refractivity contribution in [1.29, 1.82) is 5.41 Å². The molecule has 2 aromatic rings. The van der Waals surface area contributed by atoms with Gasteiger partial charge in [-0.05, 0) is 63.1 Å². The van der Waals surface area contributed by atoms with Crippen LogP contribution in [-0.4, -0.2) is 67.3 Å². The minimum Gasteiger partial charge on any atom is -0.743 e. The van der Waals surface area contributed by atoms with Gasteiger partial charge in [-0.1, -0.05) is 19.8 Å². The maximum Gasteiger partial charge on any atom is 0.160 e. The van der Waals surface area contributed by atoms with E-state index < -0.39 is 0 Å². The van der Waals surface area contributed by atoms with Crippen LogP contribution in [0.4, 0.5) is 11.4 Å². The van der Waals surface area contributed by atoms with Crippen LogP contribution in [0.3, 0.4) is 0 Å². The van der Waals surface area contributed by atoms with Crippen molar-refractivity contribution in [3.8, 4) is 16.9 Å². The van der Waals surface area contributed by atoms with Crippen LogP contribution in [0, 0.1) is 10.6 Å². The zero-order valence-corrected chi connectivity index (χ0v) is 21.7. The molecule has 1 saturated heterocycles. The highest BCUT2D eigenvalue weighted by Crippen LogP contribution is 2.38. The SMILES string of the molecule is CCOc1cc(N([O-])N2CCN(CC)CC2)ccc1-c1cc(NC2CCCC2)c(C=N)c(C(C)=O)c1. The highest BCUT2D eigenvalue weighted by atomic mass is 16.5. The van der Waals surface area contributed by atoms with E-state index in [1.54, 1.807) is 6.07 Å². The van der Waals surface area contributed by atoms with Crippen molar-refractivity contribution in [2.45, 2.75) is 52.5 Å². The molecule has 8 heteroatoms. The molecule has 1 saturated carbocycles. The molecule has 2 N–H and O–H groups in total. The predicted molar refractivity (Wildman–Crippen MR) is 146 cm³/mol. The molecule has 2 aliphatic rings. The Morgan fingerprint density at radius 1 is 1.17 bits per heavy atom. The number of nitrogens with one attached hydrogen (secondary N) is 2. The zero-order valence-electron chi connectivity index (χ0n) is 21.7. The number of likely N-dealkylation sites (N-methyl/N-ethyl adjacent to an activating group) is 1. The van der Waals surface area contributed by atoms with Crippen molar-refractivity contribution < 1.29 is 9.53 Å². The number of ketones is 1. The molecular weight excluding hydrogens is 454 g/mol. The van der Waals surface area contributed by atoms with Gasteiger partial charge in [-0.15, -0.1) is 0 Å². The summed E-state index contributed by atoms with van der Waals surface area (Å²) in [5.74, 6) is 0.517. The Labute approximate surface area is 214 Å². The summed E-state index contributed by atoms with van der Waals surface area (Å²) in [6.45, 7) is 10.2. The van der Waals surface area contributed by atoms with Crippen LogP contribution >= 0.6 is 0 Å². The van der Waals surface area contributed by atoms with E-state index >= 15 is 0 Å². The van der Waals surface area contributed by atoms with E-state index in [1.807, 2.05) is 36.2 Å². The summed E-state index contributed by atoms with van der Waals surface area (Å²) >= 11 is 0.